The Hall–Kier alpha value is -2.24. The smallest absolute Gasteiger partial charge is 0.341 e. The number of ether oxygens (including phenoxy) is 1. The maximum atomic E-state index is 11.2. The number of hydrogen-bond acceptors (Lipinski definition) is 5. The van der Waals surface area contributed by atoms with E-state index in [0.717, 1.165) is 0 Å². The highest BCUT2D eigenvalue weighted by atomic mass is 16.5. The molecule has 15 heavy (non-hydrogen) atoms. The lowest BCUT2D eigenvalue weighted by atomic mass is 10.2. The van der Waals surface area contributed by atoms with Gasteiger partial charge in [0.15, 0.2) is 6.29 Å². The van der Waals surface area contributed by atoms with Crippen LogP contribution in [0.1, 0.15) is 20.8 Å². The van der Waals surface area contributed by atoms with Crippen molar-refractivity contribution in [2.45, 2.75) is 0 Å². The molecule has 0 fully saturated rings. The predicted molar refractivity (Wildman–Crippen MR) is 50.7 cm³/mol. The molecule has 1 amide bonds. The van der Waals surface area contributed by atoms with Crippen LogP contribution in [-0.4, -0.2) is 30.8 Å². The summed E-state index contributed by atoms with van der Waals surface area (Å²) < 4.78 is 4.47. The first-order valence-corrected chi connectivity index (χ1v) is 3.97. The maximum Gasteiger partial charge on any atom is 0.341 e. The van der Waals surface area contributed by atoms with Crippen molar-refractivity contribution in [3.05, 3.63) is 23.4 Å². The zero-order valence-electron chi connectivity index (χ0n) is 7.89. The quantitative estimate of drug-likeness (QED) is 0.566. The Kier molecular flexibility index (Phi) is 3.50. The number of carbonyl (C=O) groups is 3. The summed E-state index contributed by atoms with van der Waals surface area (Å²) in [5, 5.41) is 2.21. The highest BCUT2D eigenvalue weighted by Crippen LogP contribution is 2.13. The van der Waals surface area contributed by atoms with Gasteiger partial charge >= 0.3 is 5.97 Å². The largest absolute Gasteiger partial charge is 0.465 e. The van der Waals surface area contributed by atoms with Gasteiger partial charge in [0.2, 0.25) is 6.41 Å². The minimum absolute atomic E-state index is 0.00134. The normalized spacial score (nSPS) is 9.13. The Morgan fingerprint density at radius 2 is 2.20 bits per heavy atom. The first-order chi connectivity index (χ1) is 7.22. The van der Waals surface area contributed by atoms with E-state index in [0.29, 0.717) is 12.7 Å². The number of nitrogens with one attached hydrogen (secondary N) is 1. The lowest BCUT2D eigenvalue weighted by molar-refractivity contribution is -0.105. The molecule has 1 N–H and O–H groups in total. The van der Waals surface area contributed by atoms with E-state index in [1.54, 1.807) is 0 Å². The Balaban J connectivity index is 3.19. The molecule has 0 aromatic carbocycles. The van der Waals surface area contributed by atoms with Crippen LogP contribution in [0.3, 0.4) is 0 Å². The van der Waals surface area contributed by atoms with Gasteiger partial charge in [-0.1, -0.05) is 0 Å². The standard InChI is InChI=1S/C9H8N2O4/c1-15-9(14)7-3-2-6(4-12)11-8(7)10-5-13/h2-5H,1H3,(H,10,11,13). The van der Waals surface area contributed by atoms with Crippen molar-refractivity contribution in [2.24, 2.45) is 0 Å². The van der Waals surface area contributed by atoms with Crippen LogP contribution in [0.4, 0.5) is 5.82 Å². The van der Waals surface area contributed by atoms with Gasteiger partial charge in [0.25, 0.3) is 0 Å². The molecule has 0 aliphatic heterocycles. The molecule has 0 bridgehead atoms. The molecular formula is C9H8N2O4. The van der Waals surface area contributed by atoms with Crippen LogP contribution in [0.25, 0.3) is 0 Å². The number of nitrogens with zero attached hydrogens (tertiary/aromatic N) is 1. The fraction of sp³-hybridized carbons (Fsp3) is 0.111. The Bertz CT molecular complexity index is 403. The van der Waals surface area contributed by atoms with Crippen molar-refractivity contribution in [2.75, 3.05) is 12.4 Å². The molecular weight excluding hydrogens is 200 g/mol. The first kappa shape index (κ1) is 10.8. The number of hydrogen-bond donors (Lipinski definition) is 1. The molecule has 1 heterocycles. The van der Waals surface area contributed by atoms with E-state index in [9.17, 15) is 14.4 Å². The summed E-state index contributed by atoms with van der Waals surface area (Å²) in [4.78, 5) is 35.6. The molecule has 0 radical (unpaired) electrons. The van der Waals surface area contributed by atoms with Gasteiger partial charge in [-0.15, -0.1) is 0 Å². The number of amides is 1. The molecule has 0 spiro atoms. The zero-order valence-corrected chi connectivity index (χ0v) is 7.89. The summed E-state index contributed by atoms with van der Waals surface area (Å²) in [6.07, 6.45) is 0.875. The number of carbonyl (C=O) groups excluding carboxylic acids is 3. The van der Waals surface area contributed by atoms with Crippen LogP contribution < -0.4 is 5.32 Å². The zero-order chi connectivity index (χ0) is 11.3. The third-order valence-corrected chi connectivity index (χ3v) is 1.64. The van der Waals surface area contributed by atoms with Gasteiger partial charge in [0, 0.05) is 0 Å². The van der Waals surface area contributed by atoms with E-state index >= 15 is 0 Å². The van der Waals surface area contributed by atoms with Crippen molar-refractivity contribution in [3.8, 4) is 0 Å². The van der Waals surface area contributed by atoms with Gasteiger partial charge in [-0.25, -0.2) is 9.78 Å². The molecule has 1 aromatic heterocycles. The molecule has 0 atom stereocenters. The van der Waals surface area contributed by atoms with E-state index in [1.165, 1.54) is 19.2 Å². The van der Waals surface area contributed by atoms with Crippen LogP contribution in [0.5, 0.6) is 0 Å². The summed E-state index contributed by atoms with van der Waals surface area (Å²) >= 11 is 0. The second-order valence-electron chi connectivity index (χ2n) is 2.50. The number of rotatable bonds is 4. The van der Waals surface area contributed by atoms with Gasteiger partial charge in [0.05, 0.1) is 7.11 Å². The minimum Gasteiger partial charge on any atom is -0.465 e. The number of aromatic nitrogens is 1. The van der Waals surface area contributed by atoms with E-state index < -0.39 is 5.97 Å². The van der Waals surface area contributed by atoms with Crippen molar-refractivity contribution in [1.82, 2.24) is 4.98 Å². The summed E-state index contributed by atoms with van der Waals surface area (Å²) in [5.41, 5.74) is 0.210. The maximum absolute atomic E-state index is 11.2. The summed E-state index contributed by atoms with van der Waals surface area (Å²) in [6, 6.07) is 2.71. The molecule has 1 aromatic rings. The van der Waals surface area contributed by atoms with E-state index in [1.807, 2.05) is 0 Å². The van der Waals surface area contributed by atoms with E-state index in [4.69, 9.17) is 0 Å². The van der Waals surface area contributed by atoms with Crippen LogP contribution in [-0.2, 0) is 9.53 Å². The van der Waals surface area contributed by atoms with Gasteiger partial charge < -0.3 is 10.1 Å². The highest BCUT2D eigenvalue weighted by molar-refractivity contribution is 5.97. The minimum atomic E-state index is -0.635. The van der Waals surface area contributed by atoms with Crippen molar-refractivity contribution < 1.29 is 19.1 Å². The highest BCUT2D eigenvalue weighted by Gasteiger charge is 2.13. The van der Waals surface area contributed by atoms with Crippen LogP contribution in [0.15, 0.2) is 12.1 Å². The molecule has 0 aliphatic carbocycles. The third kappa shape index (κ3) is 2.37. The van der Waals surface area contributed by atoms with Gasteiger partial charge in [-0.05, 0) is 12.1 Å². The molecule has 6 nitrogen and oxygen atoms in total. The second kappa shape index (κ2) is 4.85. The summed E-state index contributed by atoms with van der Waals surface area (Å²) in [6.45, 7) is 0. The summed E-state index contributed by atoms with van der Waals surface area (Å²) in [5.74, 6) is -0.634. The molecule has 78 valence electrons. The Labute approximate surface area is 85.3 Å². The van der Waals surface area contributed by atoms with Crippen LogP contribution in [0, 0.1) is 0 Å². The molecule has 0 aliphatic rings. The Morgan fingerprint density at radius 3 is 2.73 bits per heavy atom. The van der Waals surface area contributed by atoms with Crippen LogP contribution in [0.2, 0.25) is 0 Å². The molecule has 0 saturated heterocycles. The predicted octanol–water partition coefficient (Wildman–Crippen LogP) is 0.249. The lowest BCUT2D eigenvalue weighted by Crippen LogP contribution is -2.09. The molecule has 6 heteroatoms. The number of esters is 1. The first-order valence-electron chi connectivity index (χ1n) is 3.97. The van der Waals surface area contributed by atoms with Gasteiger partial charge in [0.1, 0.15) is 17.1 Å². The SMILES string of the molecule is COC(=O)c1ccc(C=O)nc1NC=O. The summed E-state index contributed by atoms with van der Waals surface area (Å²) in [7, 11) is 1.21. The molecule has 0 unspecified atom stereocenters. The molecule has 1 rings (SSSR count). The fourth-order valence-electron chi connectivity index (χ4n) is 0.980. The van der Waals surface area contributed by atoms with Gasteiger partial charge in [-0.2, -0.15) is 0 Å². The van der Waals surface area contributed by atoms with Crippen molar-refractivity contribution >= 4 is 24.5 Å². The second-order valence-corrected chi connectivity index (χ2v) is 2.50. The number of methoxy groups -OCH3 is 1. The monoisotopic (exact) mass is 208 g/mol. The molecule has 0 saturated carbocycles. The number of anilines is 1. The average Bonchev–Trinajstić information content (AvgIpc) is 2.28. The van der Waals surface area contributed by atoms with E-state index in [2.05, 4.69) is 15.0 Å². The number of pyridine rings is 1. The third-order valence-electron chi connectivity index (χ3n) is 1.64. The van der Waals surface area contributed by atoms with Gasteiger partial charge in [-0.3, -0.25) is 9.59 Å². The topological polar surface area (TPSA) is 85.4 Å². The number of aldehydes is 1. The van der Waals surface area contributed by atoms with E-state index in [-0.39, 0.29) is 17.1 Å². The van der Waals surface area contributed by atoms with Crippen LogP contribution >= 0.6 is 0 Å². The van der Waals surface area contributed by atoms with Crippen molar-refractivity contribution in [1.29, 1.82) is 0 Å². The fourth-order valence-corrected chi connectivity index (χ4v) is 0.980. The Morgan fingerprint density at radius 1 is 1.47 bits per heavy atom. The van der Waals surface area contributed by atoms with Crippen molar-refractivity contribution in [3.63, 3.8) is 0 Å². The lowest BCUT2D eigenvalue weighted by Gasteiger charge is -2.05. The average molecular weight is 208 g/mol.